The average Bonchev–Trinajstić information content (AvgIpc) is 2.78. The maximum absolute atomic E-state index is 12.9. The number of aryl methyl sites for hydroxylation is 1. The van der Waals surface area contributed by atoms with E-state index in [0.29, 0.717) is 17.3 Å². The summed E-state index contributed by atoms with van der Waals surface area (Å²) in [5, 5.41) is 0.871. The van der Waals surface area contributed by atoms with E-state index in [0.717, 1.165) is 21.3 Å². The van der Waals surface area contributed by atoms with Crippen molar-refractivity contribution < 1.29 is 4.39 Å². The van der Waals surface area contributed by atoms with Crippen LogP contribution in [0.4, 0.5) is 10.2 Å². The largest absolute Gasteiger partial charge is 0.308 e. The molecule has 96 valence electrons. The average molecular weight is 275 g/mol. The highest BCUT2D eigenvalue weighted by Gasteiger charge is 2.12. The van der Waals surface area contributed by atoms with E-state index in [1.807, 2.05) is 13.0 Å². The molecule has 3 aromatic rings. The number of nitrogen functional groups attached to an aromatic ring is 1. The van der Waals surface area contributed by atoms with Crippen LogP contribution in [-0.2, 0) is 0 Å². The number of thiophene rings is 1. The molecule has 0 aliphatic rings. The number of hydrazine groups is 1. The Kier molecular flexibility index (Phi) is 2.84. The van der Waals surface area contributed by atoms with E-state index in [9.17, 15) is 4.39 Å². The minimum atomic E-state index is -0.394. The molecule has 0 aromatic carbocycles. The summed E-state index contributed by atoms with van der Waals surface area (Å²) >= 11 is 1.55. The van der Waals surface area contributed by atoms with E-state index < -0.39 is 5.82 Å². The first-order valence-corrected chi connectivity index (χ1v) is 6.36. The van der Waals surface area contributed by atoms with Gasteiger partial charge in [0.1, 0.15) is 16.3 Å². The smallest absolute Gasteiger partial charge is 0.181 e. The summed E-state index contributed by atoms with van der Waals surface area (Å²) in [6, 6.07) is 4.83. The molecule has 0 aliphatic carbocycles. The van der Waals surface area contributed by atoms with E-state index in [2.05, 4.69) is 20.4 Å². The highest BCUT2D eigenvalue weighted by Crippen LogP contribution is 2.29. The number of nitrogens with zero attached hydrogens (tertiary/aromatic N) is 3. The van der Waals surface area contributed by atoms with Crippen LogP contribution in [0.2, 0.25) is 0 Å². The van der Waals surface area contributed by atoms with Crippen molar-refractivity contribution in [1.82, 2.24) is 15.0 Å². The van der Waals surface area contributed by atoms with Crippen molar-refractivity contribution in [1.29, 1.82) is 0 Å². The molecule has 3 aromatic heterocycles. The number of hydrogen-bond donors (Lipinski definition) is 2. The molecule has 7 heteroatoms. The zero-order valence-electron chi connectivity index (χ0n) is 10.0. The molecule has 3 heterocycles. The molecule has 3 N–H and O–H groups in total. The summed E-state index contributed by atoms with van der Waals surface area (Å²) in [5.41, 5.74) is 3.06. The highest BCUT2D eigenvalue weighted by atomic mass is 32.1. The van der Waals surface area contributed by atoms with Crippen molar-refractivity contribution in [3.8, 4) is 11.5 Å². The van der Waals surface area contributed by atoms with E-state index in [1.165, 1.54) is 12.1 Å². The minimum absolute atomic E-state index is 0.394. The van der Waals surface area contributed by atoms with Crippen LogP contribution in [-0.4, -0.2) is 15.0 Å². The topological polar surface area (TPSA) is 76.7 Å². The van der Waals surface area contributed by atoms with Gasteiger partial charge < -0.3 is 5.43 Å². The fraction of sp³-hybridized carbons (Fsp3) is 0.0833. The minimum Gasteiger partial charge on any atom is -0.308 e. The predicted octanol–water partition coefficient (Wildman–Crippen LogP) is 2.49. The molecule has 0 amide bonds. The summed E-state index contributed by atoms with van der Waals surface area (Å²) in [7, 11) is 0. The molecule has 0 saturated heterocycles. The maximum Gasteiger partial charge on any atom is 0.181 e. The number of nitrogens with one attached hydrogen (secondary N) is 1. The van der Waals surface area contributed by atoms with Gasteiger partial charge in [-0.1, -0.05) is 0 Å². The highest BCUT2D eigenvalue weighted by molar-refractivity contribution is 7.18. The normalized spacial score (nSPS) is 10.9. The Balaban J connectivity index is 2.21. The van der Waals surface area contributed by atoms with Gasteiger partial charge in [-0.3, -0.25) is 0 Å². The summed E-state index contributed by atoms with van der Waals surface area (Å²) in [6.07, 6.45) is 1.14. The number of fused-ring (bicyclic) bond motifs is 1. The van der Waals surface area contributed by atoms with Crippen LogP contribution in [0.15, 0.2) is 24.4 Å². The molecule has 0 aliphatic heterocycles. The summed E-state index contributed by atoms with van der Waals surface area (Å²) in [4.78, 5) is 14.6. The number of rotatable bonds is 2. The molecule has 0 radical (unpaired) electrons. The number of aromatic nitrogens is 3. The second kappa shape index (κ2) is 4.52. The molecule has 0 spiro atoms. The van der Waals surface area contributed by atoms with Gasteiger partial charge in [-0.2, -0.15) is 0 Å². The van der Waals surface area contributed by atoms with E-state index in [-0.39, 0.29) is 0 Å². The summed E-state index contributed by atoms with van der Waals surface area (Å²) < 4.78 is 12.9. The zero-order valence-corrected chi connectivity index (χ0v) is 10.8. The van der Waals surface area contributed by atoms with Crippen LogP contribution in [0.3, 0.4) is 0 Å². The Labute approximate surface area is 112 Å². The Hall–Kier alpha value is -2.12. The Morgan fingerprint density at radius 1 is 1.32 bits per heavy atom. The van der Waals surface area contributed by atoms with Gasteiger partial charge in [-0.25, -0.2) is 25.2 Å². The van der Waals surface area contributed by atoms with Crippen LogP contribution >= 0.6 is 11.3 Å². The fourth-order valence-corrected chi connectivity index (χ4v) is 2.65. The van der Waals surface area contributed by atoms with E-state index in [1.54, 1.807) is 11.3 Å². The standard InChI is InChI=1S/C12H10FN5S/c1-6-4-8-10(18-14)16-11(17-12(8)19-6)9-3-2-7(13)5-15-9/h2-5H,14H2,1H3,(H,16,17,18). The first-order chi connectivity index (χ1) is 9.17. The number of halogens is 1. The van der Waals surface area contributed by atoms with Crippen molar-refractivity contribution in [2.24, 2.45) is 5.84 Å². The van der Waals surface area contributed by atoms with E-state index >= 15 is 0 Å². The van der Waals surface area contributed by atoms with Crippen LogP contribution < -0.4 is 11.3 Å². The van der Waals surface area contributed by atoms with Gasteiger partial charge >= 0.3 is 0 Å². The van der Waals surface area contributed by atoms with Crippen LogP contribution in [0.25, 0.3) is 21.7 Å². The SMILES string of the molecule is Cc1cc2c(NN)nc(-c3ccc(F)cn3)nc2s1. The van der Waals surface area contributed by atoms with Gasteiger partial charge in [0.2, 0.25) is 0 Å². The molecule has 0 fully saturated rings. The van der Waals surface area contributed by atoms with Crippen LogP contribution in [0, 0.1) is 12.7 Å². The lowest BCUT2D eigenvalue weighted by Crippen LogP contribution is -2.10. The van der Waals surface area contributed by atoms with Crippen molar-refractivity contribution in [3.05, 3.63) is 35.1 Å². The lowest BCUT2D eigenvalue weighted by molar-refractivity contribution is 0.621. The number of nitrogens with two attached hydrogens (primary N) is 1. The Morgan fingerprint density at radius 3 is 2.84 bits per heavy atom. The number of pyridine rings is 1. The molecule has 0 bridgehead atoms. The quantitative estimate of drug-likeness (QED) is 0.555. The first-order valence-electron chi connectivity index (χ1n) is 5.54. The molecular weight excluding hydrogens is 265 g/mol. The molecular formula is C12H10FN5S. The monoisotopic (exact) mass is 275 g/mol. The van der Waals surface area contributed by atoms with Crippen molar-refractivity contribution in [2.75, 3.05) is 5.43 Å². The third-order valence-corrected chi connectivity index (χ3v) is 3.55. The second-order valence-corrected chi connectivity index (χ2v) is 5.21. The maximum atomic E-state index is 12.9. The van der Waals surface area contributed by atoms with Gasteiger partial charge in [0.15, 0.2) is 11.6 Å². The lowest BCUT2D eigenvalue weighted by atomic mass is 10.3. The molecule has 5 nitrogen and oxygen atoms in total. The molecule has 19 heavy (non-hydrogen) atoms. The lowest BCUT2D eigenvalue weighted by Gasteiger charge is -2.04. The van der Waals surface area contributed by atoms with Crippen molar-refractivity contribution >= 4 is 27.4 Å². The van der Waals surface area contributed by atoms with Gasteiger partial charge in [-0.15, -0.1) is 11.3 Å². The third kappa shape index (κ3) is 2.13. The van der Waals surface area contributed by atoms with Gasteiger partial charge in [-0.05, 0) is 25.1 Å². The number of hydrogen-bond acceptors (Lipinski definition) is 6. The number of anilines is 1. The third-order valence-electron chi connectivity index (χ3n) is 2.61. The fourth-order valence-electron chi connectivity index (χ4n) is 1.77. The van der Waals surface area contributed by atoms with E-state index in [4.69, 9.17) is 5.84 Å². The van der Waals surface area contributed by atoms with Crippen LogP contribution in [0.5, 0.6) is 0 Å². The molecule has 3 rings (SSSR count). The molecule has 0 atom stereocenters. The van der Waals surface area contributed by atoms with Crippen LogP contribution in [0.1, 0.15) is 4.88 Å². The second-order valence-electron chi connectivity index (χ2n) is 3.98. The van der Waals surface area contributed by atoms with Crippen molar-refractivity contribution in [3.63, 3.8) is 0 Å². The molecule has 0 unspecified atom stereocenters. The van der Waals surface area contributed by atoms with Crippen molar-refractivity contribution in [2.45, 2.75) is 6.92 Å². The molecule has 0 saturated carbocycles. The zero-order chi connectivity index (χ0) is 13.4. The Morgan fingerprint density at radius 2 is 2.16 bits per heavy atom. The Bertz CT molecular complexity index is 738. The van der Waals surface area contributed by atoms with Gasteiger partial charge in [0, 0.05) is 4.88 Å². The first kappa shape index (κ1) is 11.9. The van der Waals surface area contributed by atoms with Gasteiger partial charge in [0.05, 0.1) is 11.6 Å². The summed E-state index contributed by atoms with van der Waals surface area (Å²) in [6.45, 7) is 1.99. The van der Waals surface area contributed by atoms with Gasteiger partial charge in [0.25, 0.3) is 0 Å². The predicted molar refractivity (Wildman–Crippen MR) is 73.2 cm³/mol. The summed E-state index contributed by atoms with van der Waals surface area (Å²) in [5.74, 6) is 6.04.